The van der Waals surface area contributed by atoms with Gasteiger partial charge >= 0.3 is 0 Å². The lowest BCUT2D eigenvalue weighted by Gasteiger charge is -2.38. The quantitative estimate of drug-likeness (QED) is 0.498. The number of fused-ring (bicyclic) bond motifs is 2. The highest BCUT2D eigenvalue weighted by Gasteiger charge is 2.33. The highest BCUT2D eigenvalue weighted by Crippen LogP contribution is 2.41. The van der Waals surface area contributed by atoms with E-state index in [2.05, 4.69) is 82.3 Å². The van der Waals surface area contributed by atoms with Gasteiger partial charge < -0.3 is 14.8 Å². The second-order valence-corrected chi connectivity index (χ2v) is 9.63. The Morgan fingerprint density at radius 2 is 1.70 bits per heavy atom. The molecular formula is C27H32N6. The van der Waals surface area contributed by atoms with Crippen LogP contribution in [0.3, 0.4) is 0 Å². The molecule has 6 heteroatoms. The van der Waals surface area contributed by atoms with E-state index in [1.807, 2.05) is 6.20 Å². The summed E-state index contributed by atoms with van der Waals surface area (Å²) < 4.78 is 0. The van der Waals surface area contributed by atoms with Crippen LogP contribution in [0.5, 0.6) is 0 Å². The summed E-state index contributed by atoms with van der Waals surface area (Å²) in [6.45, 7) is 4.30. The maximum atomic E-state index is 5.20. The summed E-state index contributed by atoms with van der Waals surface area (Å²) in [4.78, 5) is 21.1. The van der Waals surface area contributed by atoms with E-state index in [1.165, 1.54) is 28.6 Å². The van der Waals surface area contributed by atoms with E-state index in [4.69, 9.17) is 9.97 Å². The van der Waals surface area contributed by atoms with Gasteiger partial charge in [0, 0.05) is 37.8 Å². The lowest BCUT2D eigenvalue weighted by molar-refractivity contribution is 0.108. The fourth-order valence-corrected chi connectivity index (χ4v) is 5.69. The molecule has 4 heterocycles. The topological polar surface area (TPSA) is 51.3 Å². The van der Waals surface area contributed by atoms with Crippen molar-refractivity contribution in [1.29, 1.82) is 0 Å². The number of rotatable bonds is 3. The molecule has 0 spiro atoms. The fraction of sp³-hybridized carbons (Fsp3) is 0.407. The molecule has 33 heavy (non-hydrogen) atoms. The number of para-hydroxylation sites is 1. The van der Waals surface area contributed by atoms with Crippen LogP contribution in [-0.2, 0) is 0 Å². The van der Waals surface area contributed by atoms with Gasteiger partial charge in [-0.25, -0.2) is 4.98 Å². The molecule has 6 nitrogen and oxygen atoms in total. The predicted octanol–water partition coefficient (Wildman–Crippen LogP) is 4.76. The lowest BCUT2D eigenvalue weighted by Crippen LogP contribution is -2.44. The van der Waals surface area contributed by atoms with E-state index >= 15 is 0 Å². The molecule has 0 radical (unpaired) electrons. The smallest absolute Gasteiger partial charge is 0.124 e. The van der Waals surface area contributed by atoms with Gasteiger partial charge in [-0.05, 0) is 56.9 Å². The number of pyridine rings is 1. The monoisotopic (exact) mass is 440 g/mol. The van der Waals surface area contributed by atoms with E-state index in [9.17, 15) is 0 Å². The third kappa shape index (κ3) is 3.67. The highest BCUT2D eigenvalue weighted by atomic mass is 15.3. The summed E-state index contributed by atoms with van der Waals surface area (Å²) in [5.74, 6) is 1.08. The van der Waals surface area contributed by atoms with Crippen molar-refractivity contribution in [3.05, 3.63) is 66.2 Å². The number of aromatic amines is 1. The summed E-state index contributed by atoms with van der Waals surface area (Å²) in [5.41, 5.74) is 4.69. The van der Waals surface area contributed by atoms with Gasteiger partial charge in [0.2, 0.25) is 0 Å². The molecule has 0 unspecified atom stereocenters. The van der Waals surface area contributed by atoms with Crippen molar-refractivity contribution in [3.8, 4) is 0 Å². The largest absolute Gasteiger partial charge is 0.367 e. The number of H-pyrrole nitrogens is 1. The van der Waals surface area contributed by atoms with Crippen LogP contribution in [-0.4, -0.2) is 65.0 Å². The first-order chi connectivity index (χ1) is 16.2. The first-order valence-electron chi connectivity index (χ1n) is 12.2. The zero-order valence-electron chi connectivity index (χ0n) is 19.5. The standard InChI is InChI=1S/C27H32N6/c1-31-15-17-33(18-16-31)23-11-5-9-21-26(23)30-27(29-21)24-12-6-10-22(32(24)2)25-20-8-4-3-7-19(20)13-14-28-25/h3-5,7-9,11,13-14,22,24H,6,10,12,15-18H2,1-2H3,(H,29,30)/t22-,24+/m0/s1. The van der Waals surface area contributed by atoms with E-state index < -0.39 is 0 Å². The Bertz CT molecular complexity index is 1270. The number of nitrogens with one attached hydrogen (secondary N) is 1. The first kappa shape index (κ1) is 20.6. The second kappa shape index (κ2) is 8.43. The number of piperidine rings is 1. The maximum absolute atomic E-state index is 5.20. The molecule has 4 aromatic rings. The Morgan fingerprint density at radius 1 is 0.879 bits per heavy atom. The number of anilines is 1. The second-order valence-electron chi connectivity index (χ2n) is 9.63. The number of piperazine rings is 1. The molecule has 0 saturated carbocycles. The van der Waals surface area contributed by atoms with Crippen LogP contribution in [0.1, 0.15) is 42.9 Å². The summed E-state index contributed by atoms with van der Waals surface area (Å²) in [6.07, 6.45) is 5.37. The average molecular weight is 441 g/mol. The molecular weight excluding hydrogens is 408 g/mol. The summed E-state index contributed by atoms with van der Waals surface area (Å²) in [7, 11) is 4.44. The normalized spacial score (nSPS) is 22.9. The van der Waals surface area contributed by atoms with Crippen molar-refractivity contribution in [2.45, 2.75) is 31.3 Å². The fourth-order valence-electron chi connectivity index (χ4n) is 5.69. The molecule has 170 valence electrons. The molecule has 2 fully saturated rings. The van der Waals surface area contributed by atoms with Crippen LogP contribution < -0.4 is 4.90 Å². The average Bonchev–Trinajstić information content (AvgIpc) is 3.29. The number of imidazole rings is 1. The van der Waals surface area contributed by atoms with Crippen molar-refractivity contribution >= 4 is 27.5 Å². The van der Waals surface area contributed by atoms with Crippen molar-refractivity contribution in [2.24, 2.45) is 0 Å². The predicted molar refractivity (Wildman–Crippen MR) is 135 cm³/mol. The molecule has 0 bridgehead atoms. The number of benzene rings is 2. The SMILES string of the molecule is CN1CCN(c2cccc3[nH]c([C@H]4CCC[C@@H](c5nccc6ccccc56)N4C)nc23)CC1. The minimum atomic E-state index is 0.261. The molecule has 2 atom stereocenters. The van der Waals surface area contributed by atoms with E-state index in [-0.39, 0.29) is 6.04 Å². The minimum Gasteiger partial charge on any atom is -0.367 e. The molecule has 2 aliphatic heterocycles. The Balaban J connectivity index is 1.34. The van der Waals surface area contributed by atoms with Crippen molar-refractivity contribution in [2.75, 3.05) is 45.2 Å². The molecule has 2 saturated heterocycles. The molecule has 2 aliphatic rings. The summed E-state index contributed by atoms with van der Waals surface area (Å²) in [5, 5.41) is 2.53. The Morgan fingerprint density at radius 3 is 2.58 bits per heavy atom. The molecule has 0 aliphatic carbocycles. The molecule has 2 aromatic heterocycles. The maximum Gasteiger partial charge on any atom is 0.124 e. The van der Waals surface area contributed by atoms with Gasteiger partial charge in [-0.15, -0.1) is 0 Å². The Labute approximate surface area is 195 Å². The van der Waals surface area contributed by atoms with Gasteiger partial charge in [-0.1, -0.05) is 30.3 Å². The van der Waals surface area contributed by atoms with Crippen LogP contribution in [0.2, 0.25) is 0 Å². The molecule has 6 rings (SSSR count). The van der Waals surface area contributed by atoms with Crippen LogP contribution in [0.25, 0.3) is 21.8 Å². The number of nitrogens with zero attached hydrogens (tertiary/aromatic N) is 5. The number of hydrogen-bond acceptors (Lipinski definition) is 5. The van der Waals surface area contributed by atoms with Gasteiger partial charge in [0.05, 0.1) is 29.0 Å². The summed E-state index contributed by atoms with van der Waals surface area (Å²) in [6, 6.07) is 17.8. The first-order valence-corrected chi connectivity index (χ1v) is 12.2. The van der Waals surface area contributed by atoms with Crippen LogP contribution in [0.4, 0.5) is 5.69 Å². The molecule has 0 amide bonds. The van der Waals surface area contributed by atoms with Crippen LogP contribution in [0, 0.1) is 0 Å². The van der Waals surface area contributed by atoms with Crippen LogP contribution in [0.15, 0.2) is 54.7 Å². The van der Waals surface area contributed by atoms with Gasteiger partial charge in [0.15, 0.2) is 0 Å². The Hall–Kier alpha value is -2.96. The van der Waals surface area contributed by atoms with Crippen molar-refractivity contribution < 1.29 is 0 Å². The number of likely N-dealkylation sites (tertiary alicyclic amines) is 1. The van der Waals surface area contributed by atoms with E-state index in [0.29, 0.717) is 6.04 Å². The van der Waals surface area contributed by atoms with Gasteiger partial charge in [-0.2, -0.15) is 0 Å². The van der Waals surface area contributed by atoms with Crippen LogP contribution >= 0.6 is 0 Å². The van der Waals surface area contributed by atoms with Crippen molar-refractivity contribution in [3.63, 3.8) is 0 Å². The Kier molecular flexibility index (Phi) is 5.27. The highest BCUT2D eigenvalue weighted by molar-refractivity contribution is 5.89. The minimum absolute atomic E-state index is 0.261. The third-order valence-corrected chi connectivity index (χ3v) is 7.63. The van der Waals surface area contributed by atoms with Gasteiger partial charge in [-0.3, -0.25) is 9.88 Å². The zero-order valence-corrected chi connectivity index (χ0v) is 19.5. The zero-order chi connectivity index (χ0) is 22.4. The number of hydrogen-bond donors (Lipinski definition) is 1. The third-order valence-electron chi connectivity index (χ3n) is 7.63. The number of likely N-dealkylation sites (N-methyl/N-ethyl adjacent to an activating group) is 1. The van der Waals surface area contributed by atoms with Gasteiger partial charge in [0.1, 0.15) is 11.3 Å². The summed E-state index contributed by atoms with van der Waals surface area (Å²) >= 11 is 0. The number of aromatic nitrogens is 3. The lowest BCUT2D eigenvalue weighted by atomic mass is 9.91. The molecule has 1 N–H and O–H groups in total. The van der Waals surface area contributed by atoms with E-state index in [0.717, 1.165) is 55.9 Å². The van der Waals surface area contributed by atoms with E-state index in [1.54, 1.807) is 0 Å². The van der Waals surface area contributed by atoms with Crippen molar-refractivity contribution in [1.82, 2.24) is 24.8 Å². The van der Waals surface area contributed by atoms with Gasteiger partial charge in [0.25, 0.3) is 0 Å². The molecule has 2 aromatic carbocycles.